The number of hydrogen-bond acceptors (Lipinski definition) is 4. The van der Waals surface area contributed by atoms with Gasteiger partial charge in [-0.2, -0.15) is 0 Å². The minimum atomic E-state index is -1.08. The third kappa shape index (κ3) is 3.59. The summed E-state index contributed by atoms with van der Waals surface area (Å²) in [5.41, 5.74) is 1.17. The fourth-order valence-corrected chi connectivity index (χ4v) is 1.63. The van der Waals surface area contributed by atoms with E-state index >= 15 is 0 Å². The average Bonchev–Trinajstić information content (AvgIpc) is 2.87. The molecule has 5 nitrogen and oxygen atoms in total. The van der Waals surface area contributed by atoms with Gasteiger partial charge in [-0.15, -0.1) is 0 Å². The lowest BCUT2D eigenvalue weighted by molar-refractivity contribution is 0.0658. The van der Waals surface area contributed by atoms with Crippen LogP contribution in [0, 0.1) is 0 Å². The Labute approximate surface area is 110 Å². The second-order valence-corrected chi connectivity index (χ2v) is 4.03. The first-order valence-corrected chi connectivity index (χ1v) is 5.87. The predicted molar refractivity (Wildman–Crippen MR) is 69.2 cm³/mol. The molecule has 2 N–H and O–H groups in total. The summed E-state index contributed by atoms with van der Waals surface area (Å²) in [6.07, 6.45) is 0. The van der Waals surface area contributed by atoms with Gasteiger partial charge in [-0.05, 0) is 36.9 Å². The summed E-state index contributed by atoms with van der Waals surface area (Å²) in [7, 11) is 1.89. The van der Waals surface area contributed by atoms with Crippen molar-refractivity contribution in [2.24, 2.45) is 0 Å². The number of ether oxygens (including phenoxy) is 1. The summed E-state index contributed by atoms with van der Waals surface area (Å²) in [6.45, 7) is 1.01. The van der Waals surface area contributed by atoms with E-state index in [2.05, 4.69) is 5.32 Å². The van der Waals surface area contributed by atoms with Gasteiger partial charge in [0.05, 0.1) is 0 Å². The molecule has 1 aromatic heterocycles. The number of rotatable bonds is 6. The third-order valence-electron chi connectivity index (χ3n) is 2.56. The maximum atomic E-state index is 10.6. The van der Waals surface area contributed by atoms with Crippen LogP contribution in [0.1, 0.15) is 21.9 Å². The first-order chi connectivity index (χ1) is 9.19. The molecule has 0 bridgehead atoms. The molecule has 100 valence electrons. The summed E-state index contributed by atoms with van der Waals surface area (Å²) >= 11 is 0. The van der Waals surface area contributed by atoms with Crippen molar-refractivity contribution >= 4 is 5.97 Å². The van der Waals surface area contributed by atoms with Crippen LogP contribution in [-0.2, 0) is 13.2 Å². The van der Waals surface area contributed by atoms with Crippen molar-refractivity contribution in [3.63, 3.8) is 0 Å². The highest BCUT2D eigenvalue weighted by molar-refractivity contribution is 5.84. The van der Waals surface area contributed by atoms with Gasteiger partial charge in [-0.1, -0.05) is 12.1 Å². The monoisotopic (exact) mass is 261 g/mol. The molecule has 2 aromatic rings. The Balaban J connectivity index is 1.92. The maximum Gasteiger partial charge on any atom is 0.371 e. The predicted octanol–water partition coefficient (Wildman–Crippen LogP) is 2.28. The van der Waals surface area contributed by atoms with E-state index in [4.69, 9.17) is 14.3 Å². The van der Waals surface area contributed by atoms with E-state index in [1.54, 1.807) is 6.07 Å². The molecule has 19 heavy (non-hydrogen) atoms. The fourth-order valence-electron chi connectivity index (χ4n) is 1.63. The molecular weight excluding hydrogens is 246 g/mol. The van der Waals surface area contributed by atoms with Crippen LogP contribution >= 0.6 is 0 Å². The number of furan rings is 1. The third-order valence-corrected chi connectivity index (χ3v) is 2.56. The normalized spacial score (nSPS) is 10.4. The van der Waals surface area contributed by atoms with Crippen molar-refractivity contribution in [1.82, 2.24) is 5.32 Å². The molecule has 1 heterocycles. The molecule has 0 aliphatic rings. The van der Waals surface area contributed by atoms with Crippen molar-refractivity contribution in [3.8, 4) is 5.75 Å². The van der Waals surface area contributed by atoms with Crippen molar-refractivity contribution < 1.29 is 19.1 Å². The Morgan fingerprint density at radius 1 is 1.26 bits per heavy atom. The zero-order chi connectivity index (χ0) is 13.7. The average molecular weight is 261 g/mol. The Morgan fingerprint density at radius 2 is 2.00 bits per heavy atom. The molecule has 0 unspecified atom stereocenters. The lowest BCUT2D eigenvalue weighted by Crippen LogP contribution is -2.04. The number of carboxylic acids is 1. The number of carbonyl (C=O) groups is 1. The van der Waals surface area contributed by atoms with Crippen molar-refractivity contribution in [1.29, 1.82) is 0 Å². The highest BCUT2D eigenvalue weighted by atomic mass is 16.5. The molecule has 2 rings (SSSR count). The summed E-state index contributed by atoms with van der Waals surface area (Å²) in [4.78, 5) is 10.6. The quantitative estimate of drug-likeness (QED) is 0.834. The van der Waals surface area contributed by atoms with E-state index in [1.807, 2.05) is 31.3 Å². The standard InChI is InChI=1S/C14H15NO4/c1-15-8-10-2-4-11(5-3-10)18-9-12-6-7-13(19-12)14(16)17/h2-7,15H,8-9H2,1H3,(H,16,17). The Morgan fingerprint density at radius 3 is 2.58 bits per heavy atom. The van der Waals surface area contributed by atoms with E-state index in [-0.39, 0.29) is 12.4 Å². The first kappa shape index (κ1) is 13.2. The van der Waals surface area contributed by atoms with Crippen molar-refractivity contribution in [3.05, 3.63) is 53.5 Å². The smallest absolute Gasteiger partial charge is 0.371 e. The molecule has 0 radical (unpaired) electrons. The number of benzene rings is 1. The van der Waals surface area contributed by atoms with Crippen molar-refractivity contribution in [2.75, 3.05) is 7.05 Å². The lowest BCUT2D eigenvalue weighted by Gasteiger charge is -2.05. The van der Waals surface area contributed by atoms with Crippen molar-refractivity contribution in [2.45, 2.75) is 13.2 Å². The molecule has 0 spiro atoms. The van der Waals surface area contributed by atoms with E-state index in [0.29, 0.717) is 11.5 Å². The highest BCUT2D eigenvalue weighted by Crippen LogP contribution is 2.15. The van der Waals surface area contributed by atoms with Crippen LogP contribution in [0.15, 0.2) is 40.8 Å². The minimum Gasteiger partial charge on any atom is -0.486 e. The van der Waals surface area contributed by atoms with E-state index in [0.717, 1.165) is 6.54 Å². The van der Waals surface area contributed by atoms with Gasteiger partial charge < -0.3 is 19.6 Å². The van der Waals surface area contributed by atoms with Gasteiger partial charge in [0, 0.05) is 6.54 Å². The fraction of sp³-hybridized carbons (Fsp3) is 0.214. The summed E-state index contributed by atoms with van der Waals surface area (Å²) in [5, 5.41) is 11.8. The van der Waals surface area contributed by atoms with Crippen LogP contribution in [0.5, 0.6) is 5.75 Å². The number of nitrogens with one attached hydrogen (secondary N) is 1. The van der Waals surface area contributed by atoms with E-state index < -0.39 is 5.97 Å². The van der Waals surface area contributed by atoms with Crippen LogP contribution in [0.4, 0.5) is 0 Å². The van der Waals surface area contributed by atoms with Gasteiger partial charge in [0.15, 0.2) is 0 Å². The van der Waals surface area contributed by atoms with E-state index in [9.17, 15) is 4.79 Å². The second kappa shape index (κ2) is 6.06. The Bertz CT molecular complexity index is 545. The van der Waals surface area contributed by atoms with Gasteiger partial charge >= 0.3 is 5.97 Å². The van der Waals surface area contributed by atoms with Crippen LogP contribution in [0.2, 0.25) is 0 Å². The van der Waals surface area contributed by atoms with Gasteiger partial charge in [-0.25, -0.2) is 4.79 Å². The SMILES string of the molecule is CNCc1ccc(OCc2ccc(C(=O)O)o2)cc1. The van der Waals surface area contributed by atoms with Gasteiger partial charge in [-0.3, -0.25) is 0 Å². The van der Waals surface area contributed by atoms with Crippen LogP contribution in [-0.4, -0.2) is 18.1 Å². The number of carboxylic acid groups (broad SMARTS) is 1. The van der Waals surface area contributed by atoms with Crippen LogP contribution in [0.25, 0.3) is 0 Å². The highest BCUT2D eigenvalue weighted by Gasteiger charge is 2.09. The zero-order valence-corrected chi connectivity index (χ0v) is 10.6. The van der Waals surface area contributed by atoms with E-state index in [1.165, 1.54) is 11.6 Å². The van der Waals surface area contributed by atoms with Gasteiger partial charge in [0.2, 0.25) is 5.76 Å². The lowest BCUT2D eigenvalue weighted by atomic mass is 10.2. The summed E-state index contributed by atoms with van der Waals surface area (Å²) in [5.74, 6) is 0.0375. The van der Waals surface area contributed by atoms with Gasteiger partial charge in [0.1, 0.15) is 18.1 Å². The molecule has 0 saturated heterocycles. The summed E-state index contributed by atoms with van der Waals surface area (Å²) < 4.78 is 10.6. The molecule has 0 aliphatic heterocycles. The molecule has 1 aromatic carbocycles. The first-order valence-electron chi connectivity index (χ1n) is 5.87. The molecule has 5 heteroatoms. The number of aromatic carboxylic acids is 1. The zero-order valence-electron chi connectivity index (χ0n) is 10.6. The molecule has 0 fully saturated rings. The van der Waals surface area contributed by atoms with Crippen LogP contribution < -0.4 is 10.1 Å². The Hall–Kier alpha value is -2.27. The summed E-state index contributed by atoms with van der Waals surface area (Å²) in [6, 6.07) is 10.7. The maximum absolute atomic E-state index is 10.6. The molecular formula is C14H15NO4. The van der Waals surface area contributed by atoms with Crippen LogP contribution in [0.3, 0.4) is 0 Å². The number of hydrogen-bond donors (Lipinski definition) is 2. The molecule has 0 saturated carbocycles. The minimum absolute atomic E-state index is 0.0806. The second-order valence-electron chi connectivity index (χ2n) is 4.03. The topological polar surface area (TPSA) is 71.7 Å². The molecule has 0 atom stereocenters. The van der Waals surface area contributed by atoms with Gasteiger partial charge in [0.25, 0.3) is 0 Å². The largest absolute Gasteiger partial charge is 0.486 e. The Kier molecular flexibility index (Phi) is 4.20. The molecule has 0 amide bonds. The molecule has 0 aliphatic carbocycles.